The first-order chi connectivity index (χ1) is 6.71. The van der Waals surface area contributed by atoms with Crippen LogP contribution in [0.4, 0.5) is 0 Å². The summed E-state index contributed by atoms with van der Waals surface area (Å²) in [5.74, 6) is 0.409. The highest BCUT2D eigenvalue weighted by atomic mass is 15.5. The Morgan fingerprint density at radius 1 is 1.21 bits per heavy atom. The normalized spacial score (nSPS) is 25.4. The summed E-state index contributed by atoms with van der Waals surface area (Å²) >= 11 is 0. The topological polar surface area (TPSA) is 88.8 Å². The minimum atomic E-state index is -0.948. The van der Waals surface area contributed by atoms with Gasteiger partial charge in [-0.15, -0.1) is 5.11 Å². The fourth-order valence-corrected chi connectivity index (χ4v) is 1.31. The highest BCUT2D eigenvalue weighted by Crippen LogP contribution is 2.23. The molecule has 1 atom stereocenters. The lowest BCUT2D eigenvalue weighted by molar-refractivity contribution is 0.497. The maximum atomic E-state index is 6.01. The molecule has 0 bridgehead atoms. The maximum Gasteiger partial charge on any atom is 0.179 e. The number of hydrogen-bond acceptors (Lipinski definition) is 5. The highest BCUT2D eigenvalue weighted by molar-refractivity contribution is 5.29. The zero-order valence-corrected chi connectivity index (χ0v) is 7.51. The van der Waals surface area contributed by atoms with E-state index in [2.05, 4.69) is 15.8 Å². The monoisotopic (exact) mass is 189 g/mol. The third-order valence-corrected chi connectivity index (χ3v) is 2.01. The number of hydrogen-bond donors (Lipinski definition) is 3. The smallest absolute Gasteiger partial charge is 0.179 e. The summed E-state index contributed by atoms with van der Waals surface area (Å²) in [7, 11) is 0. The van der Waals surface area contributed by atoms with Crippen molar-refractivity contribution >= 4 is 0 Å². The van der Waals surface area contributed by atoms with Crippen molar-refractivity contribution in [1.82, 2.24) is 5.43 Å². The second-order valence-electron chi connectivity index (χ2n) is 3.10. The number of benzene rings is 1. The van der Waals surface area contributed by atoms with E-state index < -0.39 is 5.66 Å². The van der Waals surface area contributed by atoms with E-state index in [0.717, 1.165) is 5.56 Å². The minimum Gasteiger partial charge on any atom is -0.384 e. The Morgan fingerprint density at radius 2 is 1.93 bits per heavy atom. The Balaban J connectivity index is 2.42. The molecule has 0 saturated carbocycles. The van der Waals surface area contributed by atoms with Gasteiger partial charge >= 0.3 is 0 Å². The van der Waals surface area contributed by atoms with Gasteiger partial charge in [0.2, 0.25) is 0 Å². The van der Waals surface area contributed by atoms with Gasteiger partial charge in [0.25, 0.3) is 0 Å². The van der Waals surface area contributed by atoms with Gasteiger partial charge in [0.1, 0.15) is 5.82 Å². The van der Waals surface area contributed by atoms with Gasteiger partial charge in [-0.3, -0.25) is 5.73 Å². The number of rotatable bonds is 1. The van der Waals surface area contributed by atoms with Gasteiger partial charge in [-0.05, 0) is 5.56 Å². The van der Waals surface area contributed by atoms with Crippen LogP contribution < -0.4 is 16.9 Å². The summed E-state index contributed by atoms with van der Waals surface area (Å²) in [4.78, 5) is 0. The van der Waals surface area contributed by atoms with Crippen molar-refractivity contribution in [2.75, 3.05) is 0 Å². The van der Waals surface area contributed by atoms with Crippen molar-refractivity contribution in [3.8, 4) is 0 Å². The summed E-state index contributed by atoms with van der Waals surface area (Å²) in [5.41, 5.74) is 14.0. The molecule has 5 N–H and O–H groups in total. The Labute approximate surface area is 81.5 Å². The van der Waals surface area contributed by atoms with Crippen molar-refractivity contribution in [2.24, 2.45) is 21.8 Å². The number of nitrogens with zero attached hydrogens (tertiary/aromatic N) is 2. The largest absolute Gasteiger partial charge is 0.384 e. The number of nitrogens with two attached hydrogens (primary N) is 2. The predicted octanol–water partition coefficient (Wildman–Crippen LogP) is 0.569. The Kier molecular flexibility index (Phi) is 1.94. The van der Waals surface area contributed by atoms with E-state index in [1.807, 2.05) is 30.3 Å². The molecule has 1 unspecified atom stereocenters. The summed E-state index contributed by atoms with van der Waals surface area (Å²) in [6.07, 6.45) is 1.63. The van der Waals surface area contributed by atoms with Crippen LogP contribution in [0.5, 0.6) is 0 Å². The molecule has 0 spiro atoms. The van der Waals surface area contributed by atoms with Gasteiger partial charge < -0.3 is 5.73 Å². The van der Waals surface area contributed by atoms with E-state index in [9.17, 15) is 0 Å². The summed E-state index contributed by atoms with van der Waals surface area (Å²) in [5, 5.41) is 7.56. The third kappa shape index (κ3) is 1.45. The van der Waals surface area contributed by atoms with Crippen molar-refractivity contribution in [1.29, 1.82) is 0 Å². The Morgan fingerprint density at radius 3 is 2.57 bits per heavy atom. The molecule has 72 valence electrons. The predicted molar refractivity (Wildman–Crippen MR) is 52.6 cm³/mol. The Hall–Kier alpha value is -1.88. The lowest BCUT2D eigenvalue weighted by Gasteiger charge is -2.23. The van der Waals surface area contributed by atoms with E-state index in [4.69, 9.17) is 11.5 Å². The van der Waals surface area contributed by atoms with Crippen LogP contribution in [-0.4, -0.2) is 0 Å². The summed E-state index contributed by atoms with van der Waals surface area (Å²) in [6, 6.07) is 9.47. The van der Waals surface area contributed by atoms with E-state index in [-0.39, 0.29) is 0 Å². The average Bonchev–Trinajstić information content (AvgIpc) is 2.19. The van der Waals surface area contributed by atoms with Crippen molar-refractivity contribution in [3.63, 3.8) is 0 Å². The molecule has 1 heterocycles. The van der Waals surface area contributed by atoms with Crippen LogP contribution in [0.25, 0.3) is 0 Å². The average molecular weight is 189 g/mol. The van der Waals surface area contributed by atoms with E-state index >= 15 is 0 Å². The number of nitrogens with one attached hydrogen (secondary N) is 1. The van der Waals surface area contributed by atoms with Crippen molar-refractivity contribution in [2.45, 2.75) is 5.66 Å². The van der Waals surface area contributed by atoms with Gasteiger partial charge in [0.15, 0.2) is 5.66 Å². The first-order valence-corrected chi connectivity index (χ1v) is 4.21. The highest BCUT2D eigenvalue weighted by Gasteiger charge is 2.26. The molecule has 0 amide bonds. The molecular formula is C9H11N5. The molecule has 0 fully saturated rings. The van der Waals surface area contributed by atoms with E-state index in [0.29, 0.717) is 5.82 Å². The molecule has 5 nitrogen and oxygen atoms in total. The molecule has 0 radical (unpaired) electrons. The third-order valence-electron chi connectivity index (χ3n) is 2.01. The van der Waals surface area contributed by atoms with Gasteiger partial charge in [-0.1, -0.05) is 35.6 Å². The molecule has 0 aromatic heterocycles. The second-order valence-corrected chi connectivity index (χ2v) is 3.10. The molecule has 5 heteroatoms. The summed E-state index contributed by atoms with van der Waals surface area (Å²) in [6.45, 7) is 0. The van der Waals surface area contributed by atoms with Gasteiger partial charge in [-0.25, -0.2) is 5.43 Å². The van der Waals surface area contributed by atoms with Crippen LogP contribution >= 0.6 is 0 Å². The molecule has 2 rings (SSSR count). The van der Waals surface area contributed by atoms with E-state index in [1.54, 1.807) is 6.08 Å². The fourth-order valence-electron chi connectivity index (χ4n) is 1.31. The van der Waals surface area contributed by atoms with Crippen LogP contribution in [0.2, 0.25) is 0 Å². The molecule has 14 heavy (non-hydrogen) atoms. The van der Waals surface area contributed by atoms with Gasteiger partial charge in [-0.2, -0.15) is 0 Å². The lowest BCUT2D eigenvalue weighted by atomic mass is 10.0. The van der Waals surface area contributed by atoms with E-state index in [1.165, 1.54) is 0 Å². The first kappa shape index (κ1) is 8.71. The molecular weight excluding hydrogens is 178 g/mol. The first-order valence-electron chi connectivity index (χ1n) is 4.21. The zero-order chi connectivity index (χ0) is 10.0. The van der Waals surface area contributed by atoms with Gasteiger partial charge in [0, 0.05) is 6.08 Å². The van der Waals surface area contributed by atoms with Crippen molar-refractivity contribution < 1.29 is 0 Å². The van der Waals surface area contributed by atoms with Crippen LogP contribution in [0, 0.1) is 0 Å². The SMILES string of the molecule is NC1=CC(N)(c2ccccc2)N=NN1. The minimum absolute atomic E-state index is 0.409. The molecule has 0 aliphatic carbocycles. The van der Waals surface area contributed by atoms with Crippen LogP contribution in [-0.2, 0) is 5.66 Å². The van der Waals surface area contributed by atoms with Crippen LogP contribution in [0.1, 0.15) is 5.56 Å². The Bertz CT molecular complexity index is 383. The summed E-state index contributed by atoms with van der Waals surface area (Å²) < 4.78 is 0. The quantitative estimate of drug-likeness (QED) is 0.603. The van der Waals surface area contributed by atoms with Crippen molar-refractivity contribution in [3.05, 3.63) is 47.8 Å². The standard InChI is InChI=1S/C9H11N5/c10-8-6-9(11,13-14-12-8)7-4-2-1-3-5-7/h1-6H,10-11H2,(H,12,13). The maximum absolute atomic E-state index is 6.01. The lowest BCUT2D eigenvalue weighted by Crippen LogP contribution is -2.37. The van der Waals surface area contributed by atoms with Gasteiger partial charge in [0.05, 0.1) is 0 Å². The molecule has 1 aliphatic heterocycles. The molecule has 1 aliphatic rings. The molecule has 0 saturated heterocycles. The van der Waals surface area contributed by atoms with Crippen LogP contribution in [0.3, 0.4) is 0 Å². The molecule has 1 aromatic rings. The second kappa shape index (κ2) is 3.12. The zero-order valence-electron chi connectivity index (χ0n) is 7.51. The fraction of sp³-hybridized carbons (Fsp3) is 0.111. The molecule has 1 aromatic carbocycles. The van der Waals surface area contributed by atoms with Crippen LogP contribution in [0.15, 0.2) is 52.6 Å².